The predicted octanol–water partition coefficient (Wildman–Crippen LogP) is 4.17. The van der Waals surface area contributed by atoms with Crippen LogP contribution in [0.1, 0.15) is 5.56 Å². The largest absolute Gasteiger partial charge is 0.346 e. The molecular weight excluding hydrogens is 326 g/mol. The number of nitrogens with zero attached hydrogens (tertiary/aromatic N) is 3. The summed E-state index contributed by atoms with van der Waals surface area (Å²) in [5.74, 6) is 0. The molecule has 0 bridgehead atoms. The van der Waals surface area contributed by atoms with Gasteiger partial charge in [-0.2, -0.15) is 0 Å². The van der Waals surface area contributed by atoms with Crippen LogP contribution < -0.4 is 4.90 Å². The molecule has 1 aromatic heterocycles. The molecule has 0 amide bonds. The minimum Gasteiger partial charge on any atom is -0.346 e. The number of benzene rings is 2. The highest BCUT2D eigenvalue weighted by Gasteiger charge is 2.19. The normalized spacial score (nSPS) is 15.4. The van der Waals surface area contributed by atoms with E-state index in [1.807, 2.05) is 6.07 Å². The van der Waals surface area contributed by atoms with Crippen molar-refractivity contribution in [3.63, 3.8) is 0 Å². The Bertz CT molecular complexity index is 777. The van der Waals surface area contributed by atoms with Crippen LogP contribution in [0.2, 0.25) is 0 Å². The van der Waals surface area contributed by atoms with Gasteiger partial charge in [0.15, 0.2) is 5.13 Å². The van der Waals surface area contributed by atoms with E-state index in [0.29, 0.717) is 0 Å². The zero-order valence-corrected chi connectivity index (χ0v) is 15.2. The van der Waals surface area contributed by atoms with E-state index in [4.69, 9.17) is 4.98 Å². The smallest absolute Gasteiger partial charge is 0.185 e. The van der Waals surface area contributed by atoms with Crippen molar-refractivity contribution in [2.45, 2.75) is 6.42 Å². The molecule has 0 radical (unpaired) electrons. The van der Waals surface area contributed by atoms with Gasteiger partial charge in [0, 0.05) is 43.7 Å². The summed E-state index contributed by atoms with van der Waals surface area (Å²) < 4.78 is 0. The predicted molar refractivity (Wildman–Crippen MR) is 106 cm³/mol. The lowest BCUT2D eigenvalue weighted by atomic mass is 10.1. The van der Waals surface area contributed by atoms with E-state index in [0.717, 1.165) is 50.0 Å². The van der Waals surface area contributed by atoms with Crippen LogP contribution >= 0.6 is 11.3 Å². The van der Waals surface area contributed by atoms with Gasteiger partial charge in [-0.1, -0.05) is 60.7 Å². The second kappa shape index (κ2) is 7.81. The highest BCUT2D eigenvalue weighted by atomic mass is 32.1. The number of rotatable bonds is 5. The van der Waals surface area contributed by atoms with Gasteiger partial charge in [-0.05, 0) is 12.0 Å². The molecule has 0 atom stereocenters. The van der Waals surface area contributed by atoms with E-state index in [1.165, 1.54) is 11.1 Å². The van der Waals surface area contributed by atoms with Crippen molar-refractivity contribution >= 4 is 16.5 Å². The second-order valence-electron chi connectivity index (χ2n) is 6.45. The molecule has 2 aromatic carbocycles. The highest BCUT2D eigenvalue weighted by molar-refractivity contribution is 7.14. The van der Waals surface area contributed by atoms with E-state index >= 15 is 0 Å². The number of hydrogen-bond acceptors (Lipinski definition) is 4. The van der Waals surface area contributed by atoms with Gasteiger partial charge in [0.1, 0.15) is 0 Å². The molecule has 3 aromatic rings. The van der Waals surface area contributed by atoms with Crippen LogP contribution in [0.25, 0.3) is 11.3 Å². The monoisotopic (exact) mass is 349 g/mol. The first kappa shape index (κ1) is 16.3. The van der Waals surface area contributed by atoms with Gasteiger partial charge >= 0.3 is 0 Å². The number of piperazine rings is 1. The highest BCUT2D eigenvalue weighted by Crippen LogP contribution is 2.27. The summed E-state index contributed by atoms with van der Waals surface area (Å²) in [6.45, 7) is 5.51. The van der Waals surface area contributed by atoms with Crippen molar-refractivity contribution < 1.29 is 0 Å². The Kier molecular flexibility index (Phi) is 5.09. The molecule has 1 aliphatic heterocycles. The van der Waals surface area contributed by atoms with Crippen LogP contribution in [-0.4, -0.2) is 42.6 Å². The van der Waals surface area contributed by atoms with Crippen LogP contribution in [0, 0.1) is 0 Å². The summed E-state index contributed by atoms with van der Waals surface area (Å²) in [6, 6.07) is 21.2. The molecule has 1 saturated heterocycles. The fraction of sp³-hybridized carbons (Fsp3) is 0.286. The summed E-state index contributed by atoms with van der Waals surface area (Å²) in [5, 5.41) is 3.33. The van der Waals surface area contributed by atoms with Gasteiger partial charge in [0.2, 0.25) is 0 Å². The van der Waals surface area contributed by atoms with Gasteiger partial charge in [-0.25, -0.2) is 4.98 Å². The first-order valence-corrected chi connectivity index (χ1v) is 9.79. The van der Waals surface area contributed by atoms with E-state index in [-0.39, 0.29) is 0 Å². The van der Waals surface area contributed by atoms with Crippen molar-refractivity contribution in [2.24, 2.45) is 0 Å². The lowest BCUT2D eigenvalue weighted by molar-refractivity contribution is 0.261. The molecule has 1 aliphatic rings. The van der Waals surface area contributed by atoms with Crippen LogP contribution in [-0.2, 0) is 6.42 Å². The van der Waals surface area contributed by atoms with Crippen LogP contribution in [0.15, 0.2) is 66.0 Å². The Morgan fingerprint density at radius 3 is 2.24 bits per heavy atom. The molecular formula is C21H23N3S. The summed E-state index contributed by atoms with van der Waals surface area (Å²) in [6.07, 6.45) is 1.14. The maximum absolute atomic E-state index is 4.85. The molecule has 0 N–H and O–H groups in total. The summed E-state index contributed by atoms with van der Waals surface area (Å²) >= 11 is 1.76. The topological polar surface area (TPSA) is 19.4 Å². The number of thiazole rings is 1. The van der Waals surface area contributed by atoms with Crippen molar-refractivity contribution in [3.05, 3.63) is 71.6 Å². The third-order valence-corrected chi connectivity index (χ3v) is 5.67. The van der Waals surface area contributed by atoms with Crippen LogP contribution in [0.3, 0.4) is 0 Å². The molecule has 25 heavy (non-hydrogen) atoms. The van der Waals surface area contributed by atoms with E-state index in [2.05, 4.69) is 69.8 Å². The molecule has 3 nitrogen and oxygen atoms in total. The van der Waals surface area contributed by atoms with Gasteiger partial charge in [-0.15, -0.1) is 11.3 Å². The fourth-order valence-corrected chi connectivity index (χ4v) is 4.13. The van der Waals surface area contributed by atoms with Crippen molar-refractivity contribution in [1.82, 2.24) is 9.88 Å². The zero-order chi connectivity index (χ0) is 16.9. The van der Waals surface area contributed by atoms with E-state index < -0.39 is 0 Å². The molecule has 1 fully saturated rings. The lowest BCUT2D eigenvalue weighted by Crippen LogP contribution is -2.46. The molecule has 4 heteroatoms. The molecule has 4 rings (SSSR count). The van der Waals surface area contributed by atoms with Gasteiger partial charge in [0.05, 0.1) is 5.69 Å². The molecule has 0 aliphatic carbocycles. The van der Waals surface area contributed by atoms with E-state index in [1.54, 1.807) is 11.3 Å². The van der Waals surface area contributed by atoms with Crippen LogP contribution in [0.5, 0.6) is 0 Å². The molecule has 0 unspecified atom stereocenters. The Morgan fingerprint density at radius 1 is 0.840 bits per heavy atom. The third-order valence-electron chi connectivity index (χ3n) is 4.76. The molecule has 0 saturated carbocycles. The molecule has 2 heterocycles. The van der Waals surface area contributed by atoms with Gasteiger partial charge < -0.3 is 4.90 Å². The van der Waals surface area contributed by atoms with Crippen molar-refractivity contribution in [1.29, 1.82) is 0 Å². The number of aromatic nitrogens is 1. The standard InChI is InChI=1S/C21H23N3S/c1-3-7-18(8-4-1)11-12-23-13-15-24(16-14-23)21-22-20(17-25-21)19-9-5-2-6-10-19/h1-10,17H,11-16H2. The molecule has 128 valence electrons. The van der Waals surface area contributed by atoms with Crippen molar-refractivity contribution in [2.75, 3.05) is 37.6 Å². The third kappa shape index (κ3) is 4.09. The summed E-state index contributed by atoms with van der Waals surface area (Å²) in [4.78, 5) is 9.84. The Labute approximate surface area is 153 Å². The lowest BCUT2D eigenvalue weighted by Gasteiger charge is -2.34. The van der Waals surface area contributed by atoms with Crippen LogP contribution in [0.4, 0.5) is 5.13 Å². The second-order valence-corrected chi connectivity index (χ2v) is 7.28. The average Bonchev–Trinajstić information content (AvgIpc) is 3.19. The number of anilines is 1. The Hall–Kier alpha value is -2.17. The Balaban J connectivity index is 1.31. The maximum Gasteiger partial charge on any atom is 0.185 e. The van der Waals surface area contributed by atoms with Crippen molar-refractivity contribution in [3.8, 4) is 11.3 Å². The summed E-state index contributed by atoms with van der Waals surface area (Å²) in [7, 11) is 0. The van der Waals surface area contributed by atoms with Gasteiger partial charge in [-0.3, -0.25) is 4.90 Å². The zero-order valence-electron chi connectivity index (χ0n) is 14.3. The van der Waals surface area contributed by atoms with Gasteiger partial charge in [0.25, 0.3) is 0 Å². The maximum atomic E-state index is 4.85. The van der Waals surface area contributed by atoms with E-state index in [9.17, 15) is 0 Å². The minimum absolute atomic E-state index is 1.07. The quantitative estimate of drug-likeness (QED) is 0.689. The summed E-state index contributed by atoms with van der Waals surface area (Å²) in [5.41, 5.74) is 3.72. The SMILES string of the molecule is c1ccc(CCN2CCN(c3nc(-c4ccccc4)cs3)CC2)cc1. The number of hydrogen-bond donors (Lipinski definition) is 0. The Morgan fingerprint density at radius 2 is 1.52 bits per heavy atom. The minimum atomic E-state index is 1.07. The fourth-order valence-electron chi connectivity index (χ4n) is 3.25. The molecule has 0 spiro atoms. The average molecular weight is 350 g/mol. The first-order valence-electron chi connectivity index (χ1n) is 8.91. The first-order chi connectivity index (χ1) is 12.4.